The number of rotatable bonds is 3. The molecule has 1 amide bonds. The lowest BCUT2D eigenvalue weighted by atomic mass is 10.1. The summed E-state index contributed by atoms with van der Waals surface area (Å²) in [7, 11) is 0. The minimum Gasteiger partial charge on any atom is -0.352 e. The monoisotopic (exact) mass is 281 g/mol. The van der Waals surface area contributed by atoms with Gasteiger partial charge in [0.2, 0.25) is 5.91 Å². The molecule has 1 aromatic rings. The van der Waals surface area contributed by atoms with Crippen LogP contribution in [0.15, 0.2) is 28.7 Å². The smallest absolute Gasteiger partial charge is 0.223 e. The second kappa shape index (κ2) is 4.21. The normalized spacial score (nSPS) is 21.6. The van der Waals surface area contributed by atoms with Gasteiger partial charge in [0.1, 0.15) is 0 Å². The molecule has 0 spiro atoms. The first-order valence-electron chi connectivity index (χ1n) is 5.52. The number of carbonyl (C=O) groups excluding carboxylic acids is 1. The van der Waals surface area contributed by atoms with Crippen LogP contribution in [0.4, 0.5) is 0 Å². The summed E-state index contributed by atoms with van der Waals surface area (Å²) >= 11 is 3.47. The van der Waals surface area contributed by atoms with Crippen LogP contribution in [0.25, 0.3) is 0 Å². The molecular weight excluding hydrogens is 266 g/mol. The minimum absolute atomic E-state index is 0.181. The van der Waals surface area contributed by atoms with Gasteiger partial charge in [-0.25, -0.2) is 0 Å². The van der Waals surface area contributed by atoms with Gasteiger partial charge in [0.05, 0.1) is 0 Å². The Morgan fingerprint density at radius 3 is 2.69 bits per heavy atom. The maximum Gasteiger partial charge on any atom is 0.223 e. The van der Waals surface area contributed by atoms with Gasteiger partial charge >= 0.3 is 0 Å². The summed E-state index contributed by atoms with van der Waals surface area (Å²) in [6.45, 7) is 4.87. The van der Waals surface area contributed by atoms with Crippen LogP contribution >= 0.6 is 15.9 Å². The van der Waals surface area contributed by atoms with Crippen molar-refractivity contribution in [3.05, 3.63) is 34.3 Å². The van der Waals surface area contributed by atoms with Gasteiger partial charge in [0.25, 0.3) is 0 Å². The van der Waals surface area contributed by atoms with Crippen molar-refractivity contribution in [3.63, 3.8) is 0 Å². The molecule has 1 fully saturated rings. The van der Waals surface area contributed by atoms with Crippen molar-refractivity contribution >= 4 is 21.8 Å². The van der Waals surface area contributed by atoms with E-state index in [1.54, 1.807) is 0 Å². The molecule has 0 aliphatic heterocycles. The highest BCUT2D eigenvalue weighted by molar-refractivity contribution is 9.10. The van der Waals surface area contributed by atoms with Gasteiger partial charge in [-0.2, -0.15) is 0 Å². The molecule has 1 saturated carbocycles. The third-order valence-electron chi connectivity index (χ3n) is 3.24. The number of hydrogen-bond acceptors (Lipinski definition) is 1. The Bertz CT molecular complexity index is 414. The average molecular weight is 282 g/mol. The lowest BCUT2D eigenvalue weighted by Crippen LogP contribution is -2.26. The maximum atomic E-state index is 11.8. The van der Waals surface area contributed by atoms with Crippen molar-refractivity contribution in [2.45, 2.75) is 26.8 Å². The average Bonchev–Trinajstić information content (AvgIpc) is 2.86. The summed E-state index contributed by atoms with van der Waals surface area (Å²) in [5.74, 6) is 0.385. The molecule has 1 aliphatic carbocycles. The molecule has 2 rings (SSSR count). The van der Waals surface area contributed by atoms with Gasteiger partial charge in [-0.05, 0) is 23.5 Å². The van der Waals surface area contributed by atoms with Crippen LogP contribution in [0.2, 0.25) is 0 Å². The second-order valence-electron chi connectivity index (χ2n) is 5.05. The van der Waals surface area contributed by atoms with Crippen molar-refractivity contribution in [2.24, 2.45) is 11.3 Å². The summed E-state index contributed by atoms with van der Waals surface area (Å²) in [6.07, 6.45) is 1.01. The Morgan fingerprint density at radius 1 is 1.50 bits per heavy atom. The fraction of sp³-hybridized carbons (Fsp3) is 0.462. The summed E-state index contributed by atoms with van der Waals surface area (Å²) in [5, 5.41) is 2.99. The van der Waals surface area contributed by atoms with E-state index in [0.717, 1.165) is 16.5 Å². The Balaban J connectivity index is 1.89. The predicted octanol–water partition coefficient (Wildman–Crippen LogP) is 3.11. The fourth-order valence-corrected chi connectivity index (χ4v) is 2.29. The van der Waals surface area contributed by atoms with Crippen molar-refractivity contribution in [1.82, 2.24) is 5.32 Å². The summed E-state index contributed by atoms with van der Waals surface area (Å²) < 4.78 is 1.05. The Morgan fingerprint density at radius 2 is 2.12 bits per heavy atom. The van der Waals surface area contributed by atoms with E-state index in [2.05, 4.69) is 35.1 Å². The molecule has 0 aromatic heterocycles. The molecule has 0 radical (unpaired) electrons. The Hall–Kier alpha value is -0.830. The van der Waals surface area contributed by atoms with Crippen LogP contribution in [0.5, 0.6) is 0 Å². The van der Waals surface area contributed by atoms with Gasteiger partial charge in [-0.1, -0.05) is 48.0 Å². The third-order valence-corrected chi connectivity index (χ3v) is 4.01. The van der Waals surface area contributed by atoms with Crippen molar-refractivity contribution in [1.29, 1.82) is 0 Å². The van der Waals surface area contributed by atoms with Crippen molar-refractivity contribution in [2.75, 3.05) is 0 Å². The summed E-state index contributed by atoms with van der Waals surface area (Å²) in [4.78, 5) is 11.8. The van der Waals surface area contributed by atoms with Crippen LogP contribution in [0.1, 0.15) is 25.8 Å². The largest absolute Gasteiger partial charge is 0.352 e. The minimum atomic E-state index is 0.181. The first kappa shape index (κ1) is 11.6. The Labute approximate surface area is 105 Å². The fourth-order valence-electron chi connectivity index (χ4n) is 1.86. The molecule has 0 heterocycles. The topological polar surface area (TPSA) is 29.1 Å². The van der Waals surface area contributed by atoms with E-state index in [-0.39, 0.29) is 17.2 Å². The summed E-state index contributed by atoms with van der Waals surface area (Å²) in [6, 6.07) is 7.96. The van der Waals surface area contributed by atoms with Crippen molar-refractivity contribution in [3.8, 4) is 0 Å². The van der Waals surface area contributed by atoms with E-state index in [0.29, 0.717) is 6.54 Å². The maximum absolute atomic E-state index is 11.8. The van der Waals surface area contributed by atoms with Crippen LogP contribution < -0.4 is 5.32 Å². The number of amides is 1. The number of carbonyl (C=O) groups is 1. The summed E-state index contributed by atoms with van der Waals surface area (Å²) in [5.41, 5.74) is 1.33. The van der Waals surface area contributed by atoms with E-state index < -0.39 is 0 Å². The van der Waals surface area contributed by atoms with Gasteiger partial charge in [0.15, 0.2) is 0 Å². The first-order chi connectivity index (χ1) is 7.50. The van der Waals surface area contributed by atoms with Gasteiger partial charge < -0.3 is 5.32 Å². The van der Waals surface area contributed by atoms with Crippen LogP contribution in [-0.4, -0.2) is 5.91 Å². The van der Waals surface area contributed by atoms with Crippen LogP contribution in [0.3, 0.4) is 0 Å². The zero-order valence-electron chi connectivity index (χ0n) is 9.59. The Kier molecular flexibility index (Phi) is 3.06. The molecule has 3 heteroatoms. The molecule has 2 nitrogen and oxygen atoms in total. The SMILES string of the molecule is CC1(C)CC1C(=O)NCc1ccccc1Br. The van der Waals surface area contributed by atoms with Crippen LogP contribution in [0, 0.1) is 11.3 Å². The van der Waals surface area contributed by atoms with E-state index >= 15 is 0 Å². The lowest BCUT2D eigenvalue weighted by Gasteiger charge is -2.07. The third kappa shape index (κ3) is 2.46. The highest BCUT2D eigenvalue weighted by Crippen LogP contribution is 2.51. The molecular formula is C13H16BrNO. The highest BCUT2D eigenvalue weighted by Gasteiger charge is 2.50. The zero-order chi connectivity index (χ0) is 11.8. The molecule has 16 heavy (non-hydrogen) atoms. The van der Waals surface area contributed by atoms with E-state index in [1.165, 1.54) is 0 Å². The van der Waals surface area contributed by atoms with Crippen LogP contribution in [-0.2, 0) is 11.3 Å². The van der Waals surface area contributed by atoms with Crippen molar-refractivity contribution < 1.29 is 4.79 Å². The lowest BCUT2D eigenvalue weighted by molar-refractivity contribution is -0.123. The number of benzene rings is 1. The predicted molar refractivity (Wildman–Crippen MR) is 67.9 cm³/mol. The molecule has 1 N–H and O–H groups in total. The standard InChI is InChI=1S/C13H16BrNO/c1-13(2)7-10(13)12(16)15-8-9-5-3-4-6-11(9)14/h3-6,10H,7-8H2,1-2H3,(H,15,16). The molecule has 86 valence electrons. The molecule has 0 bridgehead atoms. The number of hydrogen-bond donors (Lipinski definition) is 1. The highest BCUT2D eigenvalue weighted by atomic mass is 79.9. The molecule has 1 unspecified atom stereocenters. The van der Waals surface area contributed by atoms with Gasteiger partial charge in [0, 0.05) is 16.9 Å². The second-order valence-corrected chi connectivity index (χ2v) is 5.91. The molecule has 1 aromatic carbocycles. The van der Waals surface area contributed by atoms with E-state index in [1.807, 2.05) is 24.3 Å². The zero-order valence-corrected chi connectivity index (χ0v) is 11.2. The first-order valence-corrected chi connectivity index (χ1v) is 6.31. The van der Waals surface area contributed by atoms with Gasteiger partial charge in [-0.15, -0.1) is 0 Å². The van der Waals surface area contributed by atoms with Gasteiger partial charge in [-0.3, -0.25) is 4.79 Å². The van der Waals surface area contributed by atoms with E-state index in [4.69, 9.17) is 0 Å². The molecule has 1 atom stereocenters. The quantitative estimate of drug-likeness (QED) is 0.906. The van der Waals surface area contributed by atoms with E-state index in [9.17, 15) is 4.79 Å². The number of halogens is 1. The molecule has 1 aliphatic rings. The molecule has 0 saturated heterocycles. The number of nitrogens with one attached hydrogen (secondary N) is 1.